The second-order valence-corrected chi connectivity index (χ2v) is 8.20. The van der Waals surface area contributed by atoms with Gasteiger partial charge in [0, 0.05) is 55.2 Å². The van der Waals surface area contributed by atoms with Crippen LogP contribution < -0.4 is 4.90 Å². The minimum Gasteiger partial charge on any atom is -0.376 e. The zero-order valence-electron chi connectivity index (χ0n) is 18.2. The SMILES string of the molecule is CN(C)c1cncc(-c2ccc3[nH]nc(-c4cc5c(-c6ccncc6)ccnc5[nH]4)c3c2)c1. The Morgan fingerprint density at radius 1 is 0.758 bits per heavy atom. The summed E-state index contributed by atoms with van der Waals surface area (Å²) in [6.07, 6.45) is 9.19. The second kappa shape index (κ2) is 7.56. The Bertz CT molecular complexity index is 1600. The van der Waals surface area contributed by atoms with Gasteiger partial charge in [-0.15, -0.1) is 0 Å². The molecule has 7 nitrogen and oxygen atoms in total. The van der Waals surface area contributed by atoms with Crippen LogP contribution in [0.4, 0.5) is 5.69 Å². The molecule has 0 aliphatic carbocycles. The van der Waals surface area contributed by atoms with E-state index in [9.17, 15) is 0 Å². The third kappa shape index (κ3) is 3.30. The van der Waals surface area contributed by atoms with E-state index in [0.29, 0.717) is 0 Å². The zero-order chi connectivity index (χ0) is 22.4. The van der Waals surface area contributed by atoms with E-state index in [0.717, 1.165) is 61.3 Å². The molecule has 0 amide bonds. The van der Waals surface area contributed by atoms with Gasteiger partial charge in [-0.3, -0.25) is 15.1 Å². The third-order valence-electron chi connectivity index (χ3n) is 5.91. The Balaban J connectivity index is 1.48. The number of hydrogen-bond acceptors (Lipinski definition) is 5. The van der Waals surface area contributed by atoms with Crippen LogP contribution in [0.15, 0.2) is 79.5 Å². The first-order chi connectivity index (χ1) is 16.2. The van der Waals surface area contributed by atoms with Gasteiger partial charge in [0.2, 0.25) is 0 Å². The van der Waals surface area contributed by atoms with Gasteiger partial charge in [0.25, 0.3) is 0 Å². The molecule has 160 valence electrons. The van der Waals surface area contributed by atoms with E-state index in [2.05, 4.69) is 65.4 Å². The van der Waals surface area contributed by atoms with Crippen LogP contribution in [-0.2, 0) is 0 Å². The predicted molar refractivity (Wildman–Crippen MR) is 132 cm³/mol. The lowest BCUT2D eigenvalue weighted by atomic mass is 10.0. The highest BCUT2D eigenvalue weighted by molar-refractivity contribution is 6.00. The maximum atomic E-state index is 4.63. The smallest absolute Gasteiger partial charge is 0.138 e. The number of fused-ring (bicyclic) bond motifs is 2. The maximum Gasteiger partial charge on any atom is 0.138 e. The second-order valence-electron chi connectivity index (χ2n) is 8.20. The van der Waals surface area contributed by atoms with Gasteiger partial charge in [-0.2, -0.15) is 5.10 Å². The standard InChI is InChI=1S/C26H21N7/c1-33(2)19-11-18(14-28-15-19)17-3-4-23-22(12-17)25(32-31-23)24-13-21-20(7-10-29-26(21)30-24)16-5-8-27-9-6-16/h3-15H,1-2H3,(H,29,30)(H,31,32). The normalized spacial score (nSPS) is 11.3. The Labute approximate surface area is 190 Å². The maximum absolute atomic E-state index is 4.63. The van der Waals surface area contributed by atoms with E-state index in [4.69, 9.17) is 0 Å². The van der Waals surface area contributed by atoms with Gasteiger partial charge >= 0.3 is 0 Å². The van der Waals surface area contributed by atoms with E-state index in [1.165, 1.54) is 0 Å². The minimum atomic E-state index is 0.828. The average Bonchev–Trinajstić information content (AvgIpc) is 3.48. The van der Waals surface area contributed by atoms with Crippen LogP contribution in [0.25, 0.3) is 55.6 Å². The first kappa shape index (κ1) is 19.2. The van der Waals surface area contributed by atoms with Gasteiger partial charge in [-0.25, -0.2) is 4.98 Å². The van der Waals surface area contributed by atoms with Crippen molar-refractivity contribution in [1.29, 1.82) is 0 Å². The van der Waals surface area contributed by atoms with Gasteiger partial charge in [0.1, 0.15) is 11.3 Å². The fraction of sp³-hybridized carbons (Fsp3) is 0.0769. The van der Waals surface area contributed by atoms with Crippen LogP contribution in [-0.4, -0.2) is 44.2 Å². The van der Waals surface area contributed by atoms with Crippen molar-refractivity contribution in [3.8, 4) is 33.6 Å². The van der Waals surface area contributed by atoms with Gasteiger partial charge in [-0.1, -0.05) is 6.07 Å². The van der Waals surface area contributed by atoms with Gasteiger partial charge < -0.3 is 9.88 Å². The summed E-state index contributed by atoms with van der Waals surface area (Å²) in [4.78, 5) is 18.6. The number of nitrogens with zero attached hydrogens (tertiary/aromatic N) is 5. The first-order valence-corrected chi connectivity index (χ1v) is 10.7. The molecule has 7 heteroatoms. The number of aromatic nitrogens is 6. The van der Waals surface area contributed by atoms with Crippen molar-refractivity contribution in [2.75, 3.05) is 19.0 Å². The summed E-state index contributed by atoms with van der Waals surface area (Å²) < 4.78 is 0. The lowest BCUT2D eigenvalue weighted by molar-refractivity contribution is 1.11. The molecule has 0 unspecified atom stereocenters. The van der Waals surface area contributed by atoms with Crippen molar-refractivity contribution in [2.45, 2.75) is 0 Å². The molecule has 5 heterocycles. The molecule has 6 rings (SSSR count). The fourth-order valence-corrected chi connectivity index (χ4v) is 4.17. The molecule has 0 fully saturated rings. The zero-order valence-corrected chi connectivity index (χ0v) is 18.2. The number of rotatable bonds is 4. The van der Waals surface area contributed by atoms with Crippen LogP contribution in [0.5, 0.6) is 0 Å². The van der Waals surface area contributed by atoms with Crippen molar-refractivity contribution in [2.24, 2.45) is 0 Å². The van der Waals surface area contributed by atoms with E-state index in [-0.39, 0.29) is 0 Å². The van der Waals surface area contributed by atoms with Gasteiger partial charge in [0.15, 0.2) is 0 Å². The molecule has 2 N–H and O–H groups in total. The topological polar surface area (TPSA) is 86.4 Å². The molecule has 0 aliphatic rings. The van der Waals surface area contributed by atoms with Crippen molar-refractivity contribution in [3.05, 3.63) is 79.5 Å². The van der Waals surface area contributed by atoms with E-state index in [1.54, 1.807) is 12.4 Å². The van der Waals surface area contributed by atoms with Crippen molar-refractivity contribution < 1.29 is 0 Å². The molecule has 1 aromatic carbocycles. The molecule has 0 spiro atoms. The van der Waals surface area contributed by atoms with Crippen LogP contribution in [0, 0.1) is 0 Å². The van der Waals surface area contributed by atoms with Crippen molar-refractivity contribution in [3.63, 3.8) is 0 Å². The number of benzene rings is 1. The summed E-state index contributed by atoms with van der Waals surface area (Å²) >= 11 is 0. The largest absolute Gasteiger partial charge is 0.376 e. The van der Waals surface area contributed by atoms with E-state index in [1.807, 2.05) is 50.9 Å². The number of anilines is 1. The highest BCUT2D eigenvalue weighted by Gasteiger charge is 2.15. The molecule has 6 aromatic rings. The van der Waals surface area contributed by atoms with Crippen LogP contribution in [0.1, 0.15) is 0 Å². The van der Waals surface area contributed by atoms with Gasteiger partial charge in [-0.05, 0) is 59.2 Å². The van der Waals surface area contributed by atoms with E-state index < -0.39 is 0 Å². The van der Waals surface area contributed by atoms with E-state index >= 15 is 0 Å². The molecule has 0 atom stereocenters. The molecule has 33 heavy (non-hydrogen) atoms. The summed E-state index contributed by atoms with van der Waals surface area (Å²) in [5.74, 6) is 0. The molecule has 5 aromatic heterocycles. The van der Waals surface area contributed by atoms with Crippen LogP contribution in [0.3, 0.4) is 0 Å². The third-order valence-corrected chi connectivity index (χ3v) is 5.91. The number of aromatic amines is 2. The highest BCUT2D eigenvalue weighted by atomic mass is 15.1. The molecule has 0 radical (unpaired) electrons. The fourth-order valence-electron chi connectivity index (χ4n) is 4.17. The number of hydrogen-bond donors (Lipinski definition) is 2. The molecule has 0 aliphatic heterocycles. The average molecular weight is 432 g/mol. The summed E-state index contributed by atoms with van der Waals surface area (Å²) in [7, 11) is 4.03. The first-order valence-electron chi connectivity index (χ1n) is 10.7. The molecule has 0 bridgehead atoms. The molecule has 0 saturated heterocycles. The minimum absolute atomic E-state index is 0.828. The van der Waals surface area contributed by atoms with Crippen molar-refractivity contribution >= 4 is 27.6 Å². The van der Waals surface area contributed by atoms with Crippen molar-refractivity contribution in [1.82, 2.24) is 30.1 Å². The molecular weight excluding hydrogens is 410 g/mol. The Kier molecular flexibility index (Phi) is 4.40. The summed E-state index contributed by atoms with van der Waals surface area (Å²) in [5.41, 5.74) is 9.01. The number of pyridine rings is 3. The number of nitrogens with one attached hydrogen (secondary N) is 2. The lowest BCUT2D eigenvalue weighted by Gasteiger charge is -2.13. The van der Waals surface area contributed by atoms with Crippen LogP contribution in [0.2, 0.25) is 0 Å². The van der Waals surface area contributed by atoms with Crippen LogP contribution >= 0.6 is 0 Å². The Morgan fingerprint density at radius 2 is 1.64 bits per heavy atom. The Morgan fingerprint density at radius 3 is 2.48 bits per heavy atom. The highest BCUT2D eigenvalue weighted by Crippen LogP contribution is 2.34. The Hall–Kier alpha value is -4.52. The predicted octanol–water partition coefficient (Wildman–Crippen LogP) is 5.30. The monoisotopic (exact) mass is 431 g/mol. The quantitative estimate of drug-likeness (QED) is 0.396. The summed E-state index contributed by atoms with van der Waals surface area (Å²) in [6, 6.07) is 16.6. The summed E-state index contributed by atoms with van der Waals surface area (Å²) in [6.45, 7) is 0. The molecular formula is C26H21N7. The molecule has 0 saturated carbocycles. The lowest BCUT2D eigenvalue weighted by Crippen LogP contribution is -2.08. The number of H-pyrrole nitrogens is 2. The van der Waals surface area contributed by atoms with Gasteiger partial charge in [0.05, 0.1) is 23.1 Å². The summed E-state index contributed by atoms with van der Waals surface area (Å²) in [5, 5.41) is 9.88.